The summed E-state index contributed by atoms with van der Waals surface area (Å²) in [6, 6.07) is 19.3. The van der Waals surface area contributed by atoms with Gasteiger partial charge in [0.25, 0.3) is 0 Å². The van der Waals surface area contributed by atoms with Gasteiger partial charge in [0.05, 0.1) is 42.7 Å². The molecule has 2 aromatic rings. The lowest BCUT2D eigenvalue weighted by Gasteiger charge is -2.05. The quantitative estimate of drug-likeness (QED) is 0.0703. The molecule has 7 N–H and O–H groups in total. The van der Waals surface area contributed by atoms with Gasteiger partial charge < -0.3 is 35.7 Å². The normalized spacial score (nSPS) is 13.2. The van der Waals surface area contributed by atoms with Crippen LogP contribution in [0.5, 0.6) is 0 Å². The van der Waals surface area contributed by atoms with Crippen molar-refractivity contribution in [1.82, 2.24) is 0 Å². The maximum absolute atomic E-state index is 9.33. The zero-order valence-corrected chi connectivity index (χ0v) is 38.0. The number of unbranched alkanes of at least 4 members (excludes halogenated alkanes) is 3. The molecule has 0 saturated heterocycles. The monoisotopic (exact) mass is 783 g/mol. The predicted octanol–water partition coefficient (Wildman–Crippen LogP) is 12.0. The smallest absolute Gasteiger partial charge is 0.0787 e. The molecule has 328 valence electrons. The Hall–Kier alpha value is -1.84. The molecular weight excluding hydrogens is 689 g/mol. The molecule has 6 atom stereocenters. The van der Waals surface area contributed by atoms with Gasteiger partial charge in [0.2, 0.25) is 0 Å². The third-order valence-corrected chi connectivity index (χ3v) is 8.57. The highest BCUT2D eigenvalue weighted by molar-refractivity contribution is 5.17. The SMILES string of the molecule is CC(O)c1ccccc1.CCC(O)CC.CCC(O)c1ccccc1.CCCC(C)O.CCCC(O)CC.CCCCC(O)CC.CCCCCC(O)CC. The maximum Gasteiger partial charge on any atom is 0.0787 e. The Morgan fingerprint density at radius 1 is 0.364 bits per heavy atom. The number of aliphatic hydroxyl groups is 7. The molecule has 0 bridgehead atoms. The van der Waals surface area contributed by atoms with Crippen molar-refractivity contribution in [2.24, 2.45) is 0 Å². The van der Waals surface area contributed by atoms with Gasteiger partial charge in [-0.25, -0.2) is 0 Å². The molecule has 0 aliphatic carbocycles. The zero-order chi connectivity index (χ0) is 43.3. The van der Waals surface area contributed by atoms with Crippen LogP contribution < -0.4 is 0 Å². The fourth-order valence-corrected chi connectivity index (χ4v) is 4.36. The summed E-state index contributed by atoms with van der Waals surface area (Å²) in [5.74, 6) is 0. The van der Waals surface area contributed by atoms with E-state index in [1.807, 2.05) is 109 Å². The van der Waals surface area contributed by atoms with Crippen LogP contribution in [0, 0.1) is 0 Å². The summed E-state index contributed by atoms with van der Waals surface area (Å²) in [6.07, 6.45) is 16.4. The predicted molar refractivity (Wildman–Crippen MR) is 239 cm³/mol. The molecule has 0 spiro atoms. The van der Waals surface area contributed by atoms with Crippen LogP contribution in [0.15, 0.2) is 60.7 Å². The van der Waals surface area contributed by atoms with Gasteiger partial charge in [-0.15, -0.1) is 0 Å². The van der Waals surface area contributed by atoms with Crippen LogP contribution in [0.4, 0.5) is 0 Å². The number of rotatable bonds is 19. The van der Waals surface area contributed by atoms with E-state index in [0.29, 0.717) is 0 Å². The van der Waals surface area contributed by atoms with Crippen molar-refractivity contribution < 1.29 is 35.7 Å². The third kappa shape index (κ3) is 54.3. The topological polar surface area (TPSA) is 142 Å². The minimum absolute atomic E-state index is 0.0449. The molecule has 0 heterocycles. The molecule has 0 fully saturated rings. The second-order valence-corrected chi connectivity index (χ2v) is 14.1. The molecule has 6 unspecified atom stereocenters. The van der Waals surface area contributed by atoms with Gasteiger partial charge in [0, 0.05) is 0 Å². The summed E-state index contributed by atoms with van der Waals surface area (Å²) in [7, 11) is 0. The first-order valence-corrected chi connectivity index (χ1v) is 22.0. The molecule has 0 radical (unpaired) electrons. The van der Waals surface area contributed by atoms with Gasteiger partial charge in [-0.2, -0.15) is 0 Å². The number of aliphatic hydroxyl groups excluding tert-OH is 7. The highest BCUT2D eigenvalue weighted by Gasteiger charge is 2.01. The van der Waals surface area contributed by atoms with Gasteiger partial charge >= 0.3 is 0 Å². The molecule has 0 aliphatic rings. The highest BCUT2D eigenvalue weighted by atomic mass is 16.3. The largest absolute Gasteiger partial charge is 0.393 e. The van der Waals surface area contributed by atoms with E-state index in [4.69, 9.17) is 30.6 Å². The third-order valence-electron chi connectivity index (χ3n) is 8.57. The molecule has 0 aliphatic heterocycles. The van der Waals surface area contributed by atoms with Crippen molar-refractivity contribution in [3.05, 3.63) is 71.8 Å². The Kier molecular flexibility index (Phi) is 56.9. The highest BCUT2D eigenvalue weighted by Crippen LogP contribution is 2.14. The minimum atomic E-state index is -0.341. The second-order valence-electron chi connectivity index (χ2n) is 14.1. The molecule has 0 saturated carbocycles. The van der Waals surface area contributed by atoms with E-state index >= 15 is 0 Å². The van der Waals surface area contributed by atoms with Gasteiger partial charge in [-0.1, -0.05) is 175 Å². The Morgan fingerprint density at radius 3 is 0.964 bits per heavy atom. The minimum Gasteiger partial charge on any atom is -0.393 e. The average molecular weight is 783 g/mol. The van der Waals surface area contributed by atoms with Crippen LogP contribution >= 0.6 is 0 Å². The summed E-state index contributed by atoms with van der Waals surface area (Å²) in [4.78, 5) is 0. The van der Waals surface area contributed by atoms with Crippen LogP contribution in [0.2, 0.25) is 0 Å². The fraction of sp³-hybridized carbons (Fsp3) is 0.750. The van der Waals surface area contributed by atoms with E-state index in [2.05, 4.69) is 27.7 Å². The number of hydrogen-bond acceptors (Lipinski definition) is 7. The van der Waals surface area contributed by atoms with Crippen molar-refractivity contribution in [3.8, 4) is 0 Å². The van der Waals surface area contributed by atoms with Crippen LogP contribution in [0.1, 0.15) is 216 Å². The molecule has 0 aromatic heterocycles. The molecule has 2 rings (SSSR count). The molecule has 2 aromatic carbocycles. The van der Waals surface area contributed by atoms with E-state index in [1.54, 1.807) is 6.92 Å². The Balaban J connectivity index is -0.000000178. The van der Waals surface area contributed by atoms with Crippen LogP contribution in [0.25, 0.3) is 0 Å². The van der Waals surface area contributed by atoms with Crippen molar-refractivity contribution >= 4 is 0 Å². The summed E-state index contributed by atoms with van der Waals surface area (Å²) < 4.78 is 0. The molecule has 55 heavy (non-hydrogen) atoms. The first kappa shape index (κ1) is 62.4. The van der Waals surface area contributed by atoms with Gasteiger partial charge in [-0.3, -0.25) is 0 Å². The summed E-state index contributed by atoms with van der Waals surface area (Å²) in [5, 5.41) is 62.5. The Morgan fingerprint density at radius 2 is 0.727 bits per heavy atom. The lowest BCUT2D eigenvalue weighted by Crippen LogP contribution is -2.02. The Bertz CT molecular complexity index is 907. The lowest BCUT2D eigenvalue weighted by atomic mass is 10.1. The maximum atomic E-state index is 9.33. The van der Waals surface area contributed by atoms with Gasteiger partial charge in [0.15, 0.2) is 0 Å². The van der Waals surface area contributed by atoms with Crippen molar-refractivity contribution in [1.29, 1.82) is 0 Å². The van der Waals surface area contributed by atoms with Gasteiger partial charge in [0.1, 0.15) is 0 Å². The van der Waals surface area contributed by atoms with Crippen molar-refractivity contribution in [2.75, 3.05) is 0 Å². The lowest BCUT2D eigenvalue weighted by molar-refractivity contribution is 0.156. The number of benzene rings is 2. The van der Waals surface area contributed by atoms with E-state index in [-0.39, 0.29) is 42.7 Å². The summed E-state index contributed by atoms with van der Waals surface area (Å²) in [5.41, 5.74) is 1.97. The molecular formula is C48H94O7. The van der Waals surface area contributed by atoms with E-state index in [1.165, 1.54) is 25.7 Å². The average Bonchev–Trinajstić information content (AvgIpc) is 3.21. The summed E-state index contributed by atoms with van der Waals surface area (Å²) in [6.45, 7) is 24.0. The fourth-order valence-electron chi connectivity index (χ4n) is 4.36. The van der Waals surface area contributed by atoms with Crippen molar-refractivity contribution in [3.63, 3.8) is 0 Å². The van der Waals surface area contributed by atoms with Crippen LogP contribution in [-0.4, -0.2) is 66.3 Å². The molecule has 0 amide bonds. The molecule has 7 heteroatoms. The zero-order valence-electron chi connectivity index (χ0n) is 38.0. The van der Waals surface area contributed by atoms with Crippen LogP contribution in [-0.2, 0) is 0 Å². The number of hydrogen-bond donors (Lipinski definition) is 7. The first-order valence-electron chi connectivity index (χ1n) is 22.0. The standard InChI is InChI=1S/C9H12O.C8H10O.C8H18O.C7H16O.C6H14O.2C5H12O/c1-2-9(10)8-6-4-3-5-7-8;1-7(9)8-5-3-2-4-6-8;1-3-5-6-7-8(9)4-2;1-3-5-6-7(8)4-2;1-3-5-6(7)4-2;1-3-4-5(2)6;1-3-5(6)4-2/h3-7,9-10H,2H2,1H3;2-7,9H,1H3;8-9H,3-7H2,1-2H3;7-8H,3-6H2,1-2H3;6-7H,3-5H2,1-2H3;2*5-6H,3-4H2,1-2H3. The van der Waals surface area contributed by atoms with Gasteiger partial charge in [-0.05, 0) is 89.2 Å². The van der Waals surface area contributed by atoms with E-state index in [9.17, 15) is 5.11 Å². The van der Waals surface area contributed by atoms with E-state index in [0.717, 1.165) is 94.6 Å². The summed E-state index contributed by atoms with van der Waals surface area (Å²) >= 11 is 0. The first-order chi connectivity index (χ1) is 26.1. The van der Waals surface area contributed by atoms with Crippen LogP contribution in [0.3, 0.4) is 0 Å². The second kappa shape index (κ2) is 50.2. The van der Waals surface area contributed by atoms with Crippen molar-refractivity contribution in [2.45, 2.75) is 235 Å². The molecule has 7 nitrogen and oxygen atoms in total. The Labute approximate surface area is 341 Å². The van der Waals surface area contributed by atoms with E-state index < -0.39 is 0 Å².